The molecule has 3 heteroatoms. The lowest BCUT2D eigenvalue weighted by Crippen LogP contribution is -2.16. The number of hydrogen-bond acceptors (Lipinski definition) is 2. The number of aliphatic hydroxyl groups is 1. The van der Waals surface area contributed by atoms with Crippen LogP contribution in [0.4, 0.5) is 0 Å². The maximum absolute atomic E-state index is 8.56. The number of alkyl halides is 1. The Morgan fingerprint density at radius 2 is 2.44 bits per heavy atom. The second kappa shape index (κ2) is 3.73. The fraction of sp³-hybridized carbons (Fsp3) is 1.00. The zero-order valence-corrected chi connectivity index (χ0v) is 7.37. The molecule has 0 aromatic heterocycles. The van der Waals surface area contributed by atoms with E-state index in [4.69, 9.17) is 9.84 Å². The molecule has 1 aliphatic rings. The highest BCUT2D eigenvalue weighted by Gasteiger charge is 2.24. The molecule has 1 N–H and O–H groups in total. The summed E-state index contributed by atoms with van der Waals surface area (Å²) in [5.74, 6) is 0. The first-order valence-electron chi connectivity index (χ1n) is 3.21. The van der Waals surface area contributed by atoms with Crippen molar-refractivity contribution in [2.45, 2.75) is 22.9 Å². The third kappa shape index (κ3) is 2.05. The first-order valence-corrected chi connectivity index (χ1v) is 4.45. The molecule has 1 rings (SSSR count). The van der Waals surface area contributed by atoms with E-state index in [0.717, 1.165) is 19.4 Å². The molecule has 0 amide bonds. The summed E-state index contributed by atoms with van der Waals surface area (Å²) in [4.78, 5) is 0. The molecule has 1 fully saturated rings. The van der Waals surface area contributed by atoms with Crippen LogP contribution in [0.2, 0.25) is 0 Å². The van der Waals surface area contributed by atoms with Crippen molar-refractivity contribution in [3.8, 4) is 0 Å². The highest BCUT2D eigenvalue weighted by atomic mass is 127. The van der Waals surface area contributed by atoms with Gasteiger partial charge < -0.3 is 9.84 Å². The maximum atomic E-state index is 8.56. The summed E-state index contributed by atoms with van der Waals surface area (Å²) < 4.78 is 5.96. The van der Waals surface area contributed by atoms with Gasteiger partial charge in [-0.3, -0.25) is 0 Å². The molecule has 0 unspecified atom stereocenters. The number of aliphatic hydroxyl groups excluding tert-OH is 1. The Hall–Kier alpha value is 0.650. The second-order valence-electron chi connectivity index (χ2n) is 2.23. The Balaban J connectivity index is 2.22. The number of ether oxygens (including phenoxy) is 1. The standard InChI is InChI=1S/C6H11IO2/c7-5-2-4-9-6(5)1-3-8/h5-6,8H,1-4H2/t5-,6+/m1/s1. The van der Waals surface area contributed by atoms with Gasteiger partial charge in [0.15, 0.2) is 0 Å². The van der Waals surface area contributed by atoms with Gasteiger partial charge in [-0.05, 0) is 12.8 Å². The first-order chi connectivity index (χ1) is 4.34. The average Bonchev–Trinajstić information content (AvgIpc) is 2.18. The lowest BCUT2D eigenvalue weighted by atomic mass is 10.2. The van der Waals surface area contributed by atoms with Gasteiger partial charge in [0, 0.05) is 17.1 Å². The molecule has 0 aliphatic carbocycles. The molecule has 0 radical (unpaired) electrons. The molecule has 0 spiro atoms. The summed E-state index contributed by atoms with van der Waals surface area (Å²) in [6, 6.07) is 0. The SMILES string of the molecule is OCC[C@@H]1OCC[C@H]1I. The van der Waals surface area contributed by atoms with E-state index in [-0.39, 0.29) is 6.61 Å². The number of rotatable bonds is 2. The molecule has 1 aliphatic heterocycles. The van der Waals surface area contributed by atoms with E-state index in [1.807, 2.05) is 0 Å². The topological polar surface area (TPSA) is 29.5 Å². The Morgan fingerprint density at radius 1 is 1.67 bits per heavy atom. The van der Waals surface area contributed by atoms with Crippen LogP contribution in [0.3, 0.4) is 0 Å². The van der Waals surface area contributed by atoms with Crippen LogP contribution in [0.1, 0.15) is 12.8 Å². The monoisotopic (exact) mass is 242 g/mol. The van der Waals surface area contributed by atoms with Crippen LogP contribution in [0.15, 0.2) is 0 Å². The fourth-order valence-electron chi connectivity index (χ4n) is 1.01. The molecular formula is C6H11IO2. The highest BCUT2D eigenvalue weighted by molar-refractivity contribution is 14.1. The Kier molecular flexibility index (Phi) is 3.21. The van der Waals surface area contributed by atoms with Crippen LogP contribution in [0, 0.1) is 0 Å². The van der Waals surface area contributed by atoms with Gasteiger partial charge in [0.25, 0.3) is 0 Å². The summed E-state index contributed by atoms with van der Waals surface area (Å²) in [5, 5.41) is 8.56. The molecule has 9 heavy (non-hydrogen) atoms. The summed E-state index contributed by atoms with van der Waals surface area (Å²) in [5.41, 5.74) is 0. The molecule has 54 valence electrons. The molecule has 2 nitrogen and oxygen atoms in total. The molecule has 0 aromatic carbocycles. The van der Waals surface area contributed by atoms with E-state index in [0.29, 0.717) is 10.0 Å². The van der Waals surface area contributed by atoms with Crippen molar-refractivity contribution in [1.29, 1.82) is 0 Å². The van der Waals surface area contributed by atoms with Gasteiger partial charge in [-0.15, -0.1) is 0 Å². The smallest absolute Gasteiger partial charge is 0.0715 e. The van der Waals surface area contributed by atoms with Crippen LogP contribution in [0.25, 0.3) is 0 Å². The number of hydrogen-bond donors (Lipinski definition) is 1. The van der Waals surface area contributed by atoms with Crippen molar-refractivity contribution in [1.82, 2.24) is 0 Å². The van der Waals surface area contributed by atoms with Gasteiger partial charge in [-0.2, -0.15) is 0 Å². The summed E-state index contributed by atoms with van der Waals surface area (Å²) in [6.45, 7) is 1.13. The molecule has 0 saturated carbocycles. The van der Waals surface area contributed by atoms with Crippen molar-refractivity contribution in [2.24, 2.45) is 0 Å². The van der Waals surface area contributed by atoms with Crippen LogP contribution >= 0.6 is 22.6 Å². The average molecular weight is 242 g/mol. The first kappa shape index (κ1) is 7.75. The minimum absolute atomic E-state index is 0.254. The van der Waals surface area contributed by atoms with Crippen molar-refractivity contribution in [3.63, 3.8) is 0 Å². The van der Waals surface area contributed by atoms with Crippen LogP contribution < -0.4 is 0 Å². The fourth-order valence-corrected chi connectivity index (χ4v) is 1.84. The molecule has 2 atom stereocenters. The van der Waals surface area contributed by atoms with E-state index in [1.54, 1.807) is 0 Å². The van der Waals surface area contributed by atoms with E-state index in [1.165, 1.54) is 0 Å². The third-order valence-corrected chi connectivity index (χ3v) is 2.97. The largest absolute Gasteiger partial charge is 0.396 e. The Labute approximate surface area is 68.7 Å². The lowest BCUT2D eigenvalue weighted by molar-refractivity contribution is 0.0902. The Bertz CT molecular complexity index is 87.1. The van der Waals surface area contributed by atoms with Crippen molar-refractivity contribution >= 4 is 22.6 Å². The predicted octanol–water partition coefficient (Wildman–Crippen LogP) is 0.961. The minimum atomic E-state index is 0.254. The third-order valence-electron chi connectivity index (χ3n) is 1.54. The van der Waals surface area contributed by atoms with Crippen molar-refractivity contribution in [3.05, 3.63) is 0 Å². The van der Waals surface area contributed by atoms with Crippen molar-refractivity contribution in [2.75, 3.05) is 13.2 Å². The lowest BCUT2D eigenvalue weighted by Gasteiger charge is -2.09. The quantitative estimate of drug-likeness (QED) is 0.577. The molecular weight excluding hydrogens is 231 g/mol. The highest BCUT2D eigenvalue weighted by Crippen LogP contribution is 2.23. The Morgan fingerprint density at radius 3 is 2.89 bits per heavy atom. The maximum Gasteiger partial charge on any atom is 0.0715 e. The molecule has 0 bridgehead atoms. The van der Waals surface area contributed by atoms with E-state index < -0.39 is 0 Å². The summed E-state index contributed by atoms with van der Waals surface area (Å²) >= 11 is 2.38. The molecule has 1 saturated heterocycles. The zero-order valence-electron chi connectivity index (χ0n) is 5.22. The minimum Gasteiger partial charge on any atom is -0.396 e. The zero-order chi connectivity index (χ0) is 6.69. The van der Waals surface area contributed by atoms with Gasteiger partial charge >= 0.3 is 0 Å². The van der Waals surface area contributed by atoms with Gasteiger partial charge in [0.1, 0.15) is 0 Å². The summed E-state index contributed by atoms with van der Waals surface area (Å²) in [6.07, 6.45) is 2.26. The van der Waals surface area contributed by atoms with Gasteiger partial charge in [-0.25, -0.2) is 0 Å². The van der Waals surface area contributed by atoms with Crippen LogP contribution in [-0.2, 0) is 4.74 Å². The second-order valence-corrected chi connectivity index (χ2v) is 3.83. The predicted molar refractivity (Wildman–Crippen MR) is 43.9 cm³/mol. The van der Waals surface area contributed by atoms with Crippen LogP contribution in [0.5, 0.6) is 0 Å². The normalized spacial score (nSPS) is 35.3. The van der Waals surface area contributed by atoms with Crippen molar-refractivity contribution < 1.29 is 9.84 Å². The summed E-state index contributed by atoms with van der Waals surface area (Å²) in [7, 11) is 0. The van der Waals surface area contributed by atoms with E-state index >= 15 is 0 Å². The van der Waals surface area contributed by atoms with Gasteiger partial charge in [0.2, 0.25) is 0 Å². The van der Waals surface area contributed by atoms with Gasteiger partial charge in [-0.1, -0.05) is 22.6 Å². The van der Waals surface area contributed by atoms with Crippen LogP contribution in [-0.4, -0.2) is 28.3 Å². The number of halogens is 1. The van der Waals surface area contributed by atoms with E-state index in [2.05, 4.69) is 22.6 Å². The van der Waals surface area contributed by atoms with E-state index in [9.17, 15) is 0 Å². The molecule has 1 heterocycles. The molecule has 0 aromatic rings. The van der Waals surface area contributed by atoms with Gasteiger partial charge in [0.05, 0.1) is 6.10 Å².